The highest BCUT2D eigenvalue weighted by atomic mass is 16.3. The van der Waals surface area contributed by atoms with Crippen LogP contribution < -0.4 is 5.32 Å². The Morgan fingerprint density at radius 2 is 1.69 bits per heavy atom. The third kappa shape index (κ3) is 1.46. The minimum atomic E-state index is -0.910. The van der Waals surface area contributed by atoms with E-state index >= 15 is 0 Å². The predicted molar refractivity (Wildman–Crippen MR) is 51.2 cm³/mol. The van der Waals surface area contributed by atoms with E-state index in [0.29, 0.717) is 0 Å². The van der Waals surface area contributed by atoms with Crippen molar-refractivity contribution in [3.05, 3.63) is 0 Å². The van der Waals surface area contributed by atoms with Crippen molar-refractivity contribution in [2.45, 2.75) is 46.8 Å². The van der Waals surface area contributed by atoms with Gasteiger partial charge < -0.3 is 10.4 Å². The summed E-state index contributed by atoms with van der Waals surface area (Å²) in [6, 6.07) is 0.182. The van der Waals surface area contributed by atoms with Gasteiger partial charge in [0.2, 0.25) is 5.91 Å². The number of carbonyl (C=O) groups excluding carboxylic acids is 1. The van der Waals surface area contributed by atoms with Crippen molar-refractivity contribution in [1.29, 1.82) is 0 Å². The summed E-state index contributed by atoms with van der Waals surface area (Å²) in [7, 11) is 0. The van der Waals surface area contributed by atoms with Crippen LogP contribution in [0.15, 0.2) is 0 Å². The molecule has 76 valence electrons. The lowest BCUT2D eigenvalue weighted by Gasteiger charge is -2.08. The second-order valence-corrected chi connectivity index (χ2v) is 5.06. The normalized spacial score (nSPS) is 26.6. The fourth-order valence-corrected chi connectivity index (χ4v) is 1.82. The van der Waals surface area contributed by atoms with Crippen LogP contribution in [0.25, 0.3) is 0 Å². The zero-order valence-corrected chi connectivity index (χ0v) is 9.01. The van der Waals surface area contributed by atoms with Gasteiger partial charge >= 0.3 is 0 Å². The summed E-state index contributed by atoms with van der Waals surface area (Å²) >= 11 is 0. The number of aliphatic hydroxyl groups excluding tert-OH is 1. The Hall–Kier alpha value is -0.570. The largest absolute Gasteiger partial charge is 0.384 e. The zero-order valence-electron chi connectivity index (χ0n) is 9.01. The average molecular weight is 185 g/mol. The number of nitrogens with one attached hydrogen (secondary N) is 1. The van der Waals surface area contributed by atoms with Crippen molar-refractivity contribution in [2.75, 3.05) is 0 Å². The van der Waals surface area contributed by atoms with Gasteiger partial charge in [-0.05, 0) is 17.8 Å². The van der Waals surface area contributed by atoms with Crippen molar-refractivity contribution in [1.82, 2.24) is 5.32 Å². The number of aliphatic hydroxyl groups is 1. The van der Waals surface area contributed by atoms with Crippen LogP contribution in [-0.2, 0) is 4.79 Å². The summed E-state index contributed by atoms with van der Waals surface area (Å²) in [6.45, 7) is 9.98. The van der Waals surface area contributed by atoms with Crippen LogP contribution in [0.5, 0.6) is 0 Å². The lowest BCUT2D eigenvalue weighted by Crippen LogP contribution is -2.36. The number of hydrogen-bond donors (Lipinski definition) is 2. The van der Waals surface area contributed by atoms with E-state index in [-0.39, 0.29) is 22.8 Å². The first-order chi connectivity index (χ1) is 5.71. The van der Waals surface area contributed by atoms with Crippen LogP contribution in [-0.4, -0.2) is 23.2 Å². The number of rotatable bonds is 2. The molecule has 0 aromatic heterocycles. The highest BCUT2D eigenvalue weighted by Gasteiger charge is 2.65. The Morgan fingerprint density at radius 3 is 1.92 bits per heavy atom. The topological polar surface area (TPSA) is 49.3 Å². The number of carbonyl (C=O) groups is 1. The van der Waals surface area contributed by atoms with Crippen LogP contribution in [0.4, 0.5) is 0 Å². The lowest BCUT2D eigenvalue weighted by molar-refractivity contribution is -0.128. The predicted octanol–water partition coefficient (Wildman–Crippen LogP) is 0.918. The maximum absolute atomic E-state index is 11.2. The second-order valence-electron chi connectivity index (χ2n) is 5.06. The first-order valence-electron chi connectivity index (χ1n) is 4.69. The molecule has 2 N–H and O–H groups in total. The molecule has 0 spiro atoms. The zero-order chi connectivity index (χ0) is 10.4. The maximum atomic E-state index is 11.2. The first-order valence-corrected chi connectivity index (χ1v) is 4.69. The third-order valence-corrected chi connectivity index (χ3v) is 3.69. The van der Waals surface area contributed by atoms with E-state index in [9.17, 15) is 4.79 Å². The Kier molecular flexibility index (Phi) is 2.19. The molecule has 1 saturated carbocycles. The van der Waals surface area contributed by atoms with Crippen LogP contribution in [0.1, 0.15) is 34.6 Å². The Morgan fingerprint density at radius 1 is 1.31 bits per heavy atom. The summed E-state index contributed by atoms with van der Waals surface area (Å²) < 4.78 is 0. The highest BCUT2D eigenvalue weighted by Crippen LogP contribution is 2.62. The Balaban J connectivity index is 2.56. The van der Waals surface area contributed by atoms with E-state index in [1.807, 2.05) is 0 Å². The molecule has 0 aliphatic heterocycles. The standard InChI is InChI=1S/C10H19NO2/c1-6(12)7(13)11-8-9(2,3)10(8,4)5/h6,8,12H,1-5H3,(H,11,13)/t6-/m1/s1. The van der Waals surface area contributed by atoms with Gasteiger partial charge in [0, 0.05) is 6.04 Å². The highest BCUT2D eigenvalue weighted by molar-refractivity contribution is 5.81. The SMILES string of the molecule is C[C@@H](O)C(=O)NC1C(C)(C)C1(C)C. The fourth-order valence-electron chi connectivity index (χ4n) is 1.82. The van der Waals surface area contributed by atoms with E-state index < -0.39 is 6.10 Å². The van der Waals surface area contributed by atoms with Gasteiger partial charge in [-0.3, -0.25) is 4.79 Å². The molecule has 1 rings (SSSR count). The molecule has 1 amide bonds. The van der Waals surface area contributed by atoms with Crippen molar-refractivity contribution in [3.8, 4) is 0 Å². The van der Waals surface area contributed by atoms with Crippen LogP contribution in [0.2, 0.25) is 0 Å². The van der Waals surface area contributed by atoms with Crippen LogP contribution in [0.3, 0.4) is 0 Å². The van der Waals surface area contributed by atoms with E-state index in [2.05, 4.69) is 33.0 Å². The van der Waals surface area contributed by atoms with Crippen LogP contribution in [0, 0.1) is 10.8 Å². The van der Waals surface area contributed by atoms with Crippen molar-refractivity contribution < 1.29 is 9.90 Å². The smallest absolute Gasteiger partial charge is 0.248 e. The van der Waals surface area contributed by atoms with Gasteiger partial charge in [0.25, 0.3) is 0 Å². The van der Waals surface area contributed by atoms with Gasteiger partial charge in [0.1, 0.15) is 6.10 Å². The molecule has 1 fully saturated rings. The van der Waals surface area contributed by atoms with E-state index in [1.54, 1.807) is 0 Å². The molecule has 0 saturated heterocycles. The Labute approximate surface area is 79.5 Å². The maximum Gasteiger partial charge on any atom is 0.248 e. The summed E-state index contributed by atoms with van der Waals surface area (Å²) in [6.07, 6.45) is -0.910. The molecule has 0 radical (unpaired) electrons. The van der Waals surface area contributed by atoms with Crippen molar-refractivity contribution in [2.24, 2.45) is 10.8 Å². The molecule has 0 heterocycles. The molecule has 1 aliphatic carbocycles. The lowest BCUT2D eigenvalue weighted by atomic mass is 10.0. The number of amides is 1. The Bertz CT molecular complexity index is 217. The van der Waals surface area contributed by atoms with E-state index in [1.165, 1.54) is 6.92 Å². The van der Waals surface area contributed by atoms with Gasteiger partial charge in [0.15, 0.2) is 0 Å². The molecule has 13 heavy (non-hydrogen) atoms. The second kappa shape index (κ2) is 2.71. The summed E-state index contributed by atoms with van der Waals surface area (Å²) in [5.74, 6) is -0.274. The molecular formula is C10H19NO2. The molecule has 3 heteroatoms. The van der Waals surface area contributed by atoms with Gasteiger partial charge in [-0.1, -0.05) is 27.7 Å². The number of hydrogen-bond acceptors (Lipinski definition) is 2. The molecule has 3 nitrogen and oxygen atoms in total. The molecule has 1 atom stereocenters. The fraction of sp³-hybridized carbons (Fsp3) is 0.900. The van der Waals surface area contributed by atoms with Gasteiger partial charge in [0.05, 0.1) is 0 Å². The summed E-state index contributed by atoms with van der Waals surface area (Å²) in [4.78, 5) is 11.2. The van der Waals surface area contributed by atoms with Crippen molar-refractivity contribution >= 4 is 5.91 Å². The molecule has 1 aliphatic rings. The minimum absolute atomic E-state index is 0.136. The molecule has 0 bridgehead atoms. The molecule has 0 unspecified atom stereocenters. The third-order valence-electron chi connectivity index (χ3n) is 3.69. The minimum Gasteiger partial charge on any atom is -0.384 e. The van der Waals surface area contributed by atoms with E-state index in [0.717, 1.165) is 0 Å². The summed E-state index contributed by atoms with van der Waals surface area (Å²) in [5, 5.41) is 11.9. The molecular weight excluding hydrogens is 166 g/mol. The van der Waals surface area contributed by atoms with Gasteiger partial charge in [-0.25, -0.2) is 0 Å². The first kappa shape index (κ1) is 10.5. The monoisotopic (exact) mass is 185 g/mol. The average Bonchev–Trinajstić information content (AvgIpc) is 2.32. The van der Waals surface area contributed by atoms with Gasteiger partial charge in [-0.2, -0.15) is 0 Å². The summed E-state index contributed by atoms with van der Waals surface area (Å²) in [5.41, 5.74) is 0.273. The van der Waals surface area contributed by atoms with E-state index in [4.69, 9.17) is 5.11 Å². The quantitative estimate of drug-likeness (QED) is 0.672. The van der Waals surface area contributed by atoms with Crippen molar-refractivity contribution in [3.63, 3.8) is 0 Å². The molecule has 0 aromatic carbocycles. The van der Waals surface area contributed by atoms with Crippen LogP contribution >= 0.6 is 0 Å². The molecule has 0 aromatic rings. The van der Waals surface area contributed by atoms with Gasteiger partial charge in [-0.15, -0.1) is 0 Å².